The van der Waals surface area contributed by atoms with Gasteiger partial charge in [-0.05, 0) is 58.4 Å². The van der Waals surface area contributed by atoms with Crippen molar-refractivity contribution in [2.75, 3.05) is 7.11 Å². The number of allylic oxidation sites excluding steroid dienone is 2. The van der Waals surface area contributed by atoms with Crippen LogP contribution in [-0.4, -0.2) is 39.9 Å². The number of hydrogen-bond acceptors (Lipinski definition) is 7. The van der Waals surface area contributed by atoms with Gasteiger partial charge >= 0.3 is 0 Å². The topological polar surface area (TPSA) is 105 Å². The van der Waals surface area contributed by atoms with Crippen LogP contribution in [0.25, 0.3) is 6.08 Å². The Morgan fingerprint density at radius 3 is 2.58 bits per heavy atom. The number of hydrogen-bond donors (Lipinski definition) is 3. The number of aliphatic hydroxyl groups is 1. The number of carbonyl (C=O) groups is 1. The van der Waals surface area contributed by atoms with Crippen LogP contribution >= 0.6 is 0 Å². The molecule has 0 spiro atoms. The van der Waals surface area contributed by atoms with Gasteiger partial charge in [-0.1, -0.05) is 11.6 Å². The number of ketones is 1. The predicted octanol–water partition coefficient (Wildman–Crippen LogP) is 4.48. The first kappa shape index (κ1) is 22.7. The maximum absolute atomic E-state index is 13.3. The summed E-state index contributed by atoms with van der Waals surface area (Å²) in [6.07, 6.45) is 3.09. The zero-order valence-electron chi connectivity index (χ0n) is 19.3. The number of ether oxygens (including phenoxy) is 3. The van der Waals surface area contributed by atoms with E-state index in [0.29, 0.717) is 29.0 Å². The minimum atomic E-state index is -1.62. The molecular weight excluding hydrogens is 424 g/mol. The highest BCUT2D eigenvalue weighted by Gasteiger charge is 2.43. The molecule has 33 heavy (non-hydrogen) atoms. The number of phenols is 2. The Labute approximate surface area is 192 Å². The first-order chi connectivity index (χ1) is 15.5. The lowest BCUT2D eigenvalue weighted by Gasteiger charge is -2.36. The molecule has 0 saturated heterocycles. The highest BCUT2D eigenvalue weighted by molar-refractivity contribution is 6.07. The van der Waals surface area contributed by atoms with Crippen molar-refractivity contribution in [3.63, 3.8) is 0 Å². The number of rotatable bonds is 4. The molecule has 2 heterocycles. The number of methoxy groups -OCH3 is 1. The van der Waals surface area contributed by atoms with E-state index >= 15 is 0 Å². The monoisotopic (exact) mass is 452 g/mol. The van der Waals surface area contributed by atoms with Gasteiger partial charge in [-0.2, -0.15) is 0 Å². The standard InChI is InChI=1S/C26H28O7/c1-13(2)6-8-17-23-16(10-11-26(3,4)33-23)20(28)19-21(29)22(30)25(32-24(17)19)15-9-7-14(31-5)12-18(15)27/h6-7,9-12,22,25,27-28,30H,8H2,1-5H3. The van der Waals surface area contributed by atoms with Gasteiger partial charge in [-0.15, -0.1) is 0 Å². The largest absolute Gasteiger partial charge is 0.507 e. The van der Waals surface area contributed by atoms with E-state index in [1.807, 2.05) is 33.8 Å². The number of phenolic OH excluding ortho intramolecular Hbond substituents is 2. The van der Waals surface area contributed by atoms with Crippen LogP contribution in [0, 0.1) is 0 Å². The Morgan fingerprint density at radius 1 is 1.21 bits per heavy atom. The molecule has 0 radical (unpaired) electrons. The molecule has 2 aliphatic rings. The fourth-order valence-electron chi connectivity index (χ4n) is 4.07. The van der Waals surface area contributed by atoms with Crippen molar-refractivity contribution in [1.29, 1.82) is 0 Å². The number of aromatic hydroxyl groups is 2. The van der Waals surface area contributed by atoms with Crippen molar-refractivity contribution < 1.29 is 34.3 Å². The van der Waals surface area contributed by atoms with Crippen LogP contribution in [0.2, 0.25) is 0 Å². The lowest BCUT2D eigenvalue weighted by Crippen LogP contribution is -2.37. The lowest BCUT2D eigenvalue weighted by atomic mass is 9.86. The van der Waals surface area contributed by atoms with Gasteiger partial charge in [0.15, 0.2) is 12.2 Å². The summed E-state index contributed by atoms with van der Waals surface area (Å²) in [7, 11) is 1.47. The highest BCUT2D eigenvalue weighted by Crippen LogP contribution is 2.52. The van der Waals surface area contributed by atoms with Crippen LogP contribution in [0.4, 0.5) is 0 Å². The van der Waals surface area contributed by atoms with Crippen molar-refractivity contribution in [1.82, 2.24) is 0 Å². The van der Waals surface area contributed by atoms with E-state index < -0.39 is 23.6 Å². The molecule has 2 aromatic rings. The van der Waals surface area contributed by atoms with Gasteiger partial charge in [-0.3, -0.25) is 4.79 Å². The number of Topliss-reactive ketones (excluding diaryl/α,β-unsaturated/α-hetero) is 1. The molecule has 0 aromatic heterocycles. The van der Waals surface area contributed by atoms with Crippen molar-refractivity contribution in [2.24, 2.45) is 0 Å². The maximum Gasteiger partial charge on any atom is 0.202 e. The molecule has 2 atom stereocenters. The van der Waals surface area contributed by atoms with E-state index in [1.54, 1.807) is 18.2 Å². The highest BCUT2D eigenvalue weighted by atomic mass is 16.5. The Morgan fingerprint density at radius 2 is 1.94 bits per heavy atom. The third kappa shape index (κ3) is 3.93. The zero-order valence-corrected chi connectivity index (χ0v) is 19.3. The van der Waals surface area contributed by atoms with Gasteiger partial charge in [0.25, 0.3) is 0 Å². The van der Waals surface area contributed by atoms with Crippen molar-refractivity contribution >= 4 is 11.9 Å². The Hall–Kier alpha value is -3.45. The third-order valence-corrected chi connectivity index (χ3v) is 5.83. The molecule has 4 rings (SSSR count). The SMILES string of the molecule is COc1ccc(C2Oc3c(CC=C(C)C)c4c(c(O)c3C(=O)C2O)C=CC(C)(C)O4)c(O)c1. The average Bonchev–Trinajstić information content (AvgIpc) is 2.75. The van der Waals surface area contributed by atoms with Gasteiger partial charge < -0.3 is 29.5 Å². The first-order valence-corrected chi connectivity index (χ1v) is 10.7. The van der Waals surface area contributed by atoms with Gasteiger partial charge in [0.1, 0.15) is 39.9 Å². The van der Waals surface area contributed by atoms with Crippen LogP contribution in [0.3, 0.4) is 0 Å². The van der Waals surface area contributed by atoms with E-state index in [4.69, 9.17) is 14.2 Å². The Kier molecular flexibility index (Phi) is 5.62. The summed E-state index contributed by atoms with van der Waals surface area (Å²) in [5.74, 6) is -0.166. The molecule has 0 amide bonds. The van der Waals surface area contributed by atoms with Gasteiger partial charge in [-0.25, -0.2) is 0 Å². The quantitative estimate of drug-likeness (QED) is 0.588. The Bertz CT molecular complexity index is 1190. The summed E-state index contributed by atoms with van der Waals surface area (Å²) in [6, 6.07) is 4.53. The summed E-state index contributed by atoms with van der Waals surface area (Å²) in [6.45, 7) is 7.69. The van der Waals surface area contributed by atoms with Crippen LogP contribution in [0.1, 0.15) is 60.8 Å². The fraction of sp³-hybridized carbons (Fsp3) is 0.346. The minimum Gasteiger partial charge on any atom is -0.507 e. The summed E-state index contributed by atoms with van der Waals surface area (Å²) < 4.78 is 17.5. The first-order valence-electron chi connectivity index (χ1n) is 10.7. The normalized spacial score (nSPS) is 20.2. The molecule has 2 unspecified atom stereocenters. The van der Waals surface area contributed by atoms with Crippen LogP contribution in [0.15, 0.2) is 35.9 Å². The van der Waals surface area contributed by atoms with E-state index in [9.17, 15) is 20.1 Å². The van der Waals surface area contributed by atoms with E-state index in [1.165, 1.54) is 19.2 Å². The third-order valence-electron chi connectivity index (χ3n) is 5.83. The second-order valence-electron chi connectivity index (χ2n) is 9.07. The van der Waals surface area contributed by atoms with Crippen LogP contribution in [-0.2, 0) is 6.42 Å². The van der Waals surface area contributed by atoms with Crippen molar-refractivity contribution in [3.8, 4) is 28.7 Å². The summed E-state index contributed by atoms with van der Waals surface area (Å²) in [4.78, 5) is 13.3. The smallest absolute Gasteiger partial charge is 0.202 e. The molecular formula is C26H28O7. The Balaban J connectivity index is 1.93. The van der Waals surface area contributed by atoms with E-state index in [2.05, 4.69) is 0 Å². The molecule has 0 bridgehead atoms. The van der Waals surface area contributed by atoms with Crippen LogP contribution in [0.5, 0.6) is 28.7 Å². The van der Waals surface area contributed by atoms with Gasteiger partial charge in [0.05, 0.1) is 12.7 Å². The zero-order chi connectivity index (χ0) is 24.1. The lowest BCUT2D eigenvalue weighted by molar-refractivity contribution is 0.0196. The second kappa shape index (κ2) is 8.15. The fourth-order valence-corrected chi connectivity index (χ4v) is 4.07. The number of fused-ring (bicyclic) bond motifs is 2. The summed E-state index contributed by atoms with van der Waals surface area (Å²) in [5, 5.41) is 32.3. The molecule has 2 aromatic carbocycles. The summed E-state index contributed by atoms with van der Waals surface area (Å²) in [5.41, 5.74) is 1.54. The molecule has 7 heteroatoms. The number of benzene rings is 2. The van der Waals surface area contributed by atoms with E-state index in [0.717, 1.165) is 5.57 Å². The average molecular weight is 453 g/mol. The molecule has 7 nitrogen and oxygen atoms in total. The summed E-state index contributed by atoms with van der Waals surface area (Å²) >= 11 is 0. The second-order valence-corrected chi connectivity index (χ2v) is 9.07. The van der Waals surface area contributed by atoms with Gasteiger partial charge in [0.2, 0.25) is 5.78 Å². The van der Waals surface area contributed by atoms with Crippen molar-refractivity contribution in [2.45, 2.75) is 51.9 Å². The minimum absolute atomic E-state index is 0.0874. The molecule has 174 valence electrons. The molecule has 2 aliphatic heterocycles. The molecule has 3 N–H and O–H groups in total. The number of aliphatic hydroxyl groups excluding tert-OH is 1. The van der Waals surface area contributed by atoms with Crippen LogP contribution < -0.4 is 14.2 Å². The molecule has 0 fully saturated rings. The maximum atomic E-state index is 13.3. The van der Waals surface area contributed by atoms with Crippen molar-refractivity contribution in [3.05, 3.63) is 58.2 Å². The number of carbonyl (C=O) groups excluding carboxylic acids is 1. The van der Waals surface area contributed by atoms with E-state index in [-0.39, 0.29) is 28.4 Å². The van der Waals surface area contributed by atoms with Gasteiger partial charge in [0, 0.05) is 17.2 Å². The molecule has 0 saturated carbocycles. The predicted molar refractivity (Wildman–Crippen MR) is 123 cm³/mol. The molecule has 0 aliphatic carbocycles.